The lowest BCUT2D eigenvalue weighted by molar-refractivity contribution is 0.0389. The van der Waals surface area contributed by atoms with Crippen molar-refractivity contribution in [1.29, 1.82) is 0 Å². The number of furan rings is 1. The Morgan fingerprint density at radius 2 is 1.86 bits per heavy atom. The number of aliphatic hydroxyl groups is 1. The van der Waals surface area contributed by atoms with Crippen molar-refractivity contribution in [2.45, 2.75) is 6.10 Å². The molecule has 150 valence electrons. The Morgan fingerprint density at radius 1 is 1.14 bits per heavy atom. The largest absolute Gasteiger partial charge is 0.491 e. The maximum absolute atomic E-state index is 12.2. The number of hydrogen-bond acceptors (Lipinski definition) is 7. The first kappa shape index (κ1) is 19.9. The molecule has 1 aliphatic rings. The Balaban J connectivity index is 1.39. The van der Waals surface area contributed by atoms with Crippen molar-refractivity contribution in [3.05, 3.63) is 54.0 Å². The third kappa shape index (κ3) is 5.11. The molecule has 0 saturated carbocycles. The van der Waals surface area contributed by atoms with Gasteiger partial charge in [0.1, 0.15) is 18.5 Å². The van der Waals surface area contributed by atoms with Gasteiger partial charge in [-0.1, -0.05) is 0 Å². The van der Waals surface area contributed by atoms with Gasteiger partial charge in [0.25, 0.3) is 5.91 Å². The highest BCUT2D eigenvalue weighted by molar-refractivity contribution is 5.91. The fourth-order valence-corrected chi connectivity index (χ4v) is 3.04. The Morgan fingerprint density at radius 3 is 2.46 bits per heavy atom. The molecule has 1 aromatic heterocycles. The smallest absolute Gasteiger partial charge is 0.337 e. The van der Waals surface area contributed by atoms with Crippen LogP contribution in [0.1, 0.15) is 20.9 Å². The van der Waals surface area contributed by atoms with Gasteiger partial charge in [0, 0.05) is 32.7 Å². The zero-order valence-corrected chi connectivity index (χ0v) is 15.7. The molecule has 0 unspecified atom stereocenters. The molecule has 2 aromatic rings. The summed E-state index contributed by atoms with van der Waals surface area (Å²) in [5.41, 5.74) is 0.442. The fraction of sp³-hybridized carbons (Fsp3) is 0.400. The van der Waals surface area contributed by atoms with Gasteiger partial charge in [-0.3, -0.25) is 9.69 Å². The van der Waals surface area contributed by atoms with Crippen molar-refractivity contribution in [2.75, 3.05) is 46.4 Å². The summed E-state index contributed by atoms with van der Waals surface area (Å²) in [5, 5.41) is 10.2. The summed E-state index contributed by atoms with van der Waals surface area (Å²) in [6, 6.07) is 9.91. The number of methoxy groups -OCH3 is 1. The summed E-state index contributed by atoms with van der Waals surface area (Å²) < 4.78 is 15.4. The molecule has 0 aliphatic carbocycles. The van der Waals surface area contributed by atoms with E-state index in [0.717, 1.165) is 0 Å². The predicted octanol–water partition coefficient (Wildman–Crippen LogP) is 1.26. The first-order valence-corrected chi connectivity index (χ1v) is 9.11. The first-order valence-electron chi connectivity index (χ1n) is 9.11. The average Bonchev–Trinajstić information content (AvgIpc) is 3.27. The van der Waals surface area contributed by atoms with Gasteiger partial charge in [0.15, 0.2) is 5.76 Å². The van der Waals surface area contributed by atoms with Crippen LogP contribution in [0.3, 0.4) is 0 Å². The molecular formula is C20H24N2O6. The molecule has 8 nitrogen and oxygen atoms in total. The Bertz CT molecular complexity index is 767. The number of esters is 1. The van der Waals surface area contributed by atoms with E-state index in [1.807, 2.05) is 0 Å². The second-order valence-corrected chi connectivity index (χ2v) is 6.55. The van der Waals surface area contributed by atoms with Crippen molar-refractivity contribution >= 4 is 11.9 Å². The van der Waals surface area contributed by atoms with Crippen LogP contribution < -0.4 is 4.74 Å². The summed E-state index contributed by atoms with van der Waals surface area (Å²) in [7, 11) is 1.33. The number of ether oxygens (including phenoxy) is 2. The van der Waals surface area contributed by atoms with Crippen LogP contribution in [-0.4, -0.2) is 79.3 Å². The summed E-state index contributed by atoms with van der Waals surface area (Å²) >= 11 is 0. The zero-order valence-electron chi connectivity index (χ0n) is 15.7. The van der Waals surface area contributed by atoms with Crippen molar-refractivity contribution in [1.82, 2.24) is 9.80 Å². The molecule has 0 spiro atoms. The second kappa shape index (κ2) is 9.38. The predicted molar refractivity (Wildman–Crippen MR) is 100 cm³/mol. The minimum absolute atomic E-state index is 0.107. The second-order valence-electron chi connectivity index (χ2n) is 6.55. The number of nitrogens with zero attached hydrogens (tertiary/aromatic N) is 2. The summed E-state index contributed by atoms with van der Waals surface area (Å²) in [4.78, 5) is 27.5. The lowest BCUT2D eigenvalue weighted by Gasteiger charge is -2.35. The minimum atomic E-state index is -0.660. The molecule has 8 heteroatoms. The fourth-order valence-electron chi connectivity index (χ4n) is 3.04. The number of hydrogen-bond donors (Lipinski definition) is 1. The van der Waals surface area contributed by atoms with E-state index in [0.29, 0.717) is 49.8 Å². The molecule has 1 aromatic carbocycles. The standard InChI is InChI=1S/C20H24N2O6/c1-26-20(25)15-4-6-17(7-5-15)28-14-16(23)13-21-8-10-22(11-9-21)19(24)18-3-2-12-27-18/h2-7,12,16,23H,8-11,13-14H2,1H3/t16-/m0/s1. The molecule has 1 amide bonds. The third-order valence-corrected chi connectivity index (χ3v) is 4.58. The van der Waals surface area contributed by atoms with Crippen LogP contribution in [0.2, 0.25) is 0 Å². The molecule has 0 bridgehead atoms. The van der Waals surface area contributed by atoms with Crippen LogP contribution in [0.15, 0.2) is 47.1 Å². The lowest BCUT2D eigenvalue weighted by atomic mass is 10.2. The number of β-amino-alcohol motifs (C(OH)–C–C–N with tert-alkyl or cyclic N) is 1. The van der Waals surface area contributed by atoms with Crippen LogP contribution >= 0.6 is 0 Å². The van der Waals surface area contributed by atoms with Crippen molar-refractivity contribution in [2.24, 2.45) is 0 Å². The molecule has 0 radical (unpaired) electrons. The lowest BCUT2D eigenvalue weighted by Crippen LogP contribution is -2.50. The quantitative estimate of drug-likeness (QED) is 0.714. The van der Waals surface area contributed by atoms with Crippen molar-refractivity contribution in [3.63, 3.8) is 0 Å². The SMILES string of the molecule is COC(=O)c1ccc(OC[C@@H](O)CN2CCN(C(=O)c3ccco3)CC2)cc1. The van der Waals surface area contributed by atoms with E-state index in [4.69, 9.17) is 9.15 Å². The molecule has 1 N–H and O–H groups in total. The topological polar surface area (TPSA) is 92.5 Å². The van der Waals surface area contributed by atoms with Gasteiger partial charge < -0.3 is 23.9 Å². The van der Waals surface area contributed by atoms with E-state index in [1.54, 1.807) is 41.3 Å². The van der Waals surface area contributed by atoms with Crippen LogP contribution in [0.25, 0.3) is 0 Å². The third-order valence-electron chi connectivity index (χ3n) is 4.58. The summed E-state index contributed by atoms with van der Waals surface area (Å²) in [6.45, 7) is 3.13. The molecule has 1 saturated heterocycles. The number of carbonyl (C=O) groups is 2. The van der Waals surface area contributed by atoms with Gasteiger partial charge in [-0.2, -0.15) is 0 Å². The molecule has 28 heavy (non-hydrogen) atoms. The van der Waals surface area contributed by atoms with Gasteiger partial charge in [0.2, 0.25) is 0 Å². The number of carbonyl (C=O) groups excluding carboxylic acids is 2. The monoisotopic (exact) mass is 388 g/mol. The highest BCUT2D eigenvalue weighted by Gasteiger charge is 2.24. The maximum atomic E-state index is 12.2. The van der Waals surface area contributed by atoms with Crippen LogP contribution in [0.4, 0.5) is 0 Å². The van der Waals surface area contributed by atoms with Crippen molar-refractivity contribution in [3.8, 4) is 5.75 Å². The number of piperazine rings is 1. The van der Waals surface area contributed by atoms with Gasteiger partial charge in [0.05, 0.1) is 18.9 Å². The van der Waals surface area contributed by atoms with Crippen LogP contribution in [0.5, 0.6) is 5.75 Å². The van der Waals surface area contributed by atoms with Gasteiger partial charge in [-0.05, 0) is 36.4 Å². The maximum Gasteiger partial charge on any atom is 0.337 e. The van der Waals surface area contributed by atoms with Gasteiger partial charge in [-0.15, -0.1) is 0 Å². The number of benzene rings is 1. The van der Waals surface area contributed by atoms with E-state index in [-0.39, 0.29) is 12.5 Å². The van der Waals surface area contributed by atoms with Crippen LogP contribution in [0, 0.1) is 0 Å². The molecule has 2 heterocycles. The van der Waals surface area contributed by atoms with E-state index >= 15 is 0 Å². The summed E-state index contributed by atoms with van der Waals surface area (Å²) in [6.07, 6.45) is 0.829. The average molecular weight is 388 g/mol. The molecule has 3 rings (SSSR count). The highest BCUT2D eigenvalue weighted by atomic mass is 16.5. The Labute approximate surface area is 163 Å². The molecule has 1 aliphatic heterocycles. The van der Waals surface area contributed by atoms with E-state index in [2.05, 4.69) is 9.64 Å². The Kier molecular flexibility index (Phi) is 6.67. The zero-order chi connectivity index (χ0) is 19.9. The van der Waals surface area contributed by atoms with Gasteiger partial charge in [-0.25, -0.2) is 4.79 Å². The molecule has 1 fully saturated rings. The van der Waals surface area contributed by atoms with Gasteiger partial charge >= 0.3 is 5.97 Å². The number of aliphatic hydroxyl groups excluding tert-OH is 1. The molecule has 1 atom stereocenters. The number of amides is 1. The number of rotatable bonds is 7. The summed E-state index contributed by atoms with van der Waals surface area (Å²) in [5.74, 6) is 0.404. The van der Waals surface area contributed by atoms with E-state index < -0.39 is 12.1 Å². The normalized spacial score (nSPS) is 15.9. The molecular weight excluding hydrogens is 364 g/mol. The van der Waals surface area contributed by atoms with E-state index in [9.17, 15) is 14.7 Å². The Hall–Kier alpha value is -2.84. The highest BCUT2D eigenvalue weighted by Crippen LogP contribution is 2.14. The first-order chi connectivity index (χ1) is 13.6. The van der Waals surface area contributed by atoms with Crippen LogP contribution in [-0.2, 0) is 4.74 Å². The van der Waals surface area contributed by atoms with Crippen molar-refractivity contribution < 1.29 is 28.6 Å². The minimum Gasteiger partial charge on any atom is -0.491 e. The van der Waals surface area contributed by atoms with E-state index in [1.165, 1.54) is 13.4 Å².